The molecule has 0 unspecified atom stereocenters. The number of hydrogen-bond acceptors (Lipinski definition) is 5. The highest BCUT2D eigenvalue weighted by Crippen LogP contribution is 2.15. The van der Waals surface area contributed by atoms with Crippen molar-refractivity contribution in [1.29, 1.82) is 0 Å². The van der Waals surface area contributed by atoms with Crippen LogP contribution in [0.2, 0.25) is 5.02 Å². The van der Waals surface area contributed by atoms with E-state index in [9.17, 15) is 27.6 Å². The van der Waals surface area contributed by atoms with Gasteiger partial charge in [-0.2, -0.15) is 18.3 Å². The molecule has 32 heavy (non-hydrogen) atoms. The lowest BCUT2D eigenvalue weighted by Gasteiger charge is -2.13. The van der Waals surface area contributed by atoms with E-state index in [0.717, 1.165) is 4.79 Å². The predicted octanol–water partition coefficient (Wildman–Crippen LogP) is 3.15. The maximum atomic E-state index is 12.7. The van der Waals surface area contributed by atoms with Crippen molar-refractivity contribution in [2.24, 2.45) is 0 Å². The van der Waals surface area contributed by atoms with Gasteiger partial charge < -0.3 is 10.1 Å². The monoisotopic (exact) mass is 468 g/mol. The fourth-order valence-corrected chi connectivity index (χ4v) is 2.89. The quantitative estimate of drug-likeness (QED) is 0.578. The van der Waals surface area contributed by atoms with Gasteiger partial charge in [-0.15, -0.1) is 4.79 Å². The van der Waals surface area contributed by atoms with Crippen molar-refractivity contribution in [3.05, 3.63) is 75.2 Å². The molecule has 0 saturated carbocycles. The fourth-order valence-electron chi connectivity index (χ4n) is 2.76. The Balaban J connectivity index is 1.79. The van der Waals surface area contributed by atoms with Gasteiger partial charge in [0.05, 0.1) is 24.0 Å². The molecule has 0 fully saturated rings. The number of aromatic nitrogens is 2. The number of carbonyl (C=O) groups is 2. The molecule has 2 amide bonds. The van der Waals surface area contributed by atoms with E-state index in [1.54, 1.807) is 42.5 Å². The van der Waals surface area contributed by atoms with Crippen LogP contribution in [0.4, 0.5) is 18.0 Å². The first kappa shape index (κ1) is 23.1. The molecular weight excluding hydrogens is 453 g/mol. The fraction of sp³-hybridized carbons (Fsp3) is 0.200. The van der Waals surface area contributed by atoms with Gasteiger partial charge in [0.25, 0.3) is 5.56 Å². The summed E-state index contributed by atoms with van der Waals surface area (Å²) in [4.78, 5) is 37.3. The highest BCUT2D eigenvalue weighted by atomic mass is 35.5. The number of alkyl carbamates (subject to hydrolysis) is 1. The van der Waals surface area contributed by atoms with Crippen LogP contribution in [0.15, 0.2) is 53.3 Å². The molecule has 1 heterocycles. The lowest BCUT2D eigenvalue weighted by Crippen LogP contribution is -2.37. The molecule has 3 aromatic rings. The number of carbonyl (C=O) groups excluding carboxylic acids is 2. The molecule has 0 aliphatic heterocycles. The molecule has 0 atom stereocenters. The van der Waals surface area contributed by atoms with Crippen LogP contribution >= 0.6 is 11.6 Å². The number of alkyl halides is 3. The number of fused-ring (bicyclic) bond motifs is 1. The van der Waals surface area contributed by atoms with Gasteiger partial charge in [0.15, 0.2) is 6.61 Å². The minimum absolute atomic E-state index is 0.0601. The molecule has 1 aromatic heterocycles. The zero-order chi connectivity index (χ0) is 23.3. The Kier molecular flexibility index (Phi) is 6.98. The number of nitrogens with zero attached hydrogens (tertiary/aromatic N) is 2. The molecule has 2 aromatic carbocycles. The zero-order valence-electron chi connectivity index (χ0n) is 16.3. The SMILES string of the molecule is O=C(Cc1ccc(Cl)cc1)Nn1nc(CNC(=O)OCC(F)(F)F)c2ccccc2c1=O. The highest BCUT2D eigenvalue weighted by Gasteiger charge is 2.29. The lowest BCUT2D eigenvalue weighted by molar-refractivity contribution is -0.160. The van der Waals surface area contributed by atoms with E-state index in [0.29, 0.717) is 16.0 Å². The maximum Gasteiger partial charge on any atom is 0.422 e. The molecule has 0 aliphatic rings. The molecule has 168 valence electrons. The molecule has 12 heteroatoms. The van der Waals surface area contributed by atoms with Crippen molar-refractivity contribution in [2.75, 3.05) is 12.0 Å². The smallest absolute Gasteiger partial charge is 0.422 e. The molecule has 3 rings (SSSR count). The lowest BCUT2D eigenvalue weighted by atomic mass is 10.1. The van der Waals surface area contributed by atoms with Gasteiger partial charge in [-0.05, 0) is 23.8 Å². The van der Waals surface area contributed by atoms with Gasteiger partial charge in [0.1, 0.15) is 0 Å². The third-order valence-corrected chi connectivity index (χ3v) is 4.41. The number of benzene rings is 2. The van der Waals surface area contributed by atoms with Crippen LogP contribution in [0, 0.1) is 0 Å². The summed E-state index contributed by atoms with van der Waals surface area (Å²) in [6, 6.07) is 12.8. The van der Waals surface area contributed by atoms with Gasteiger partial charge in [-0.25, -0.2) is 10.2 Å². The van der Waals surface area contributed by atoms with E-state index in [1.807, 2.05) is 0 Å². The van der Waals surface area contributed by atoms with E-state index in [2.05, 4.69) is 20.6 Å². The second kappa shape index (κ2) is 9.69. The van der Waals surface area contributed by atoms with Gasteiger partial charge in [0.2, 0.25) is 5.91 Å². The van der Waals surface area contributed by atoms with Crippen LogP contribution in [-0.4, -0.2) is 34.7 Å². The molecule has 8 nitrogen and oxygen atoms in total. The molecule has 0 spiro atoms. The van der Waals surface area contributed by atoms with E-state index >= 15 is 0 Å². The van der Waals surface area contributed by atoms with E-state index in [-0.39, 0.29) is 24.0 Å². The van der Waals surface area contributed by atoms with Gasteiger partial charge in [0, 0.05) is 10.4 Å². The number of hydrogen-bond donors (Lipinski definition) is 2. The third kappa shape index (κ3) is 6.20. The Morgan fingerprint density at radius 3 is 2.38 bits per heavy atom. The Morgan fingerprint density at radius 2 is 1.72 bits per heavy atom. The van der Waals surface area contributed by atoms with Crippen molar-refractivity contribution in [1.82, 2.24) is 15.2 Å². The van der Waals surface area contributed by atoms with Crippen LogP contribution in [0.3, 0.4) is 0 Å². The highest BCUT2D eigenvalue weighted by molar-refractivity contribution is 6.30. The van der Waals surface area contributed by atoms with Crippen molar-refractivity contribution in [2.45, 2.75) is 19.1 Å². The Morgan fingerprint density at radius 1 is 1.06 bits per heavy atom. The van der Waals surface area contributed by atoms with Crippen LogP contribution in [-0.2, 0) is 22.5 Å². The number of amides is 2. The summed E-state index contributed by atoms with van der Waals surface area (Å²) in [7, 11) is 0. The number of nitrogens with one attached hydrogen (secondary N) is 2. The summed E-state index contributed by atoms with van der Waals surface area (Å²) >= 11 is 5.82. The van der Waals surface area contributed by atoms with Crippen LogP contribution < -0.4 is 16.3 Å². The van der Waals surface area contributed by atoms with Gasteiger partial charge in [-0.3, -0.25) is 9.59 Å². The van der Waals surface area contributed by atoms with Crippen LogP contribution in [0.5, 0.6) is 0 Å². The van der Waals surface area contributed by atoms with E-state index in [4.69, 9.17) is 11.6 Å². The predicted molar refractivity (Wildman–Crippen MR) is 110 cm³/mol. The third-order valence-electron chi connectivity index (χ3n) is 4.16. The maximum absolute atomic E-state index is 12.7. The largest absolute Gasteiger partial charge is 0.440 e. The second-order valence-corrected chi connectivity index (χ2v) is 7.03. The molecule has 0 radical (unpaired) electrons. The number of halogens is 4. The molecule has 0 saturated heterocycles. The Labute approximate surface area is 183 Å². The van der Waals surface area contributed by atoms with E-state index in [1.165, 1.54) is 6.07 Å². The zero-order valence-corrected chi connectivity index (χ0v) is 17.0. The first-order chi connectivity index (χ1) is 15.1. The second-order valence-electron chi connectivity index (χ2n) is 6.59. The van der Waals surface area contributed by atoms with Gasteiger partial charge >= 0.3 is 12.3 Å². The van der Waals surface area contributed by atoms with Crippen molar-refractivity contribution >= 4 is 34.4 Å². The summed E-state index contributed by atoms with van der Waals surface area (Å²) in [5.74, 6) is -0.541. The molecular formula is C20H16ClF3N4O4. The topological polar surface area (TPSA) is 102 Å². The summed E-state index contributed by atoms with van der Waals surface area (Å²) < 4.78 is 40.6. The Bertz CT molecular complexity index is 1200. The summed E-state index contributed by atoms with van der Waals surface area (Å²) in [6.45, 7) is -2.09. The summed E-state index contributed by atoms with van der Waals surface area (Å²) in [6.07, 6.45) is -6.03. The minimum Gasteiger partial charge on any atom is -0.440 e. The number of rotatable bonds is 6. The first-order valence-corrected chi connectivity index (χ1v) is 9.53. The van der Waals surface area contributed by atoms with Crippen molar-refractivity contribution < 1.29 is 27.5 Å². The van der Waals surface area contributed by atoms with Crippen molar-refractivity contribution in [3.8, 4) is 0 Å². The standard InChI is InChI=1S/C20H16ClF3N4O4/c21-13-7-5-12(6-8-13)9-17(29)27-28-18(30)15-4-2-1-3-14(15)16(26-28)10-25-19(31)32-11-20(22,23)24/h1-8H,9-11H2,(H,25,31)(H,27,29). The average Bonchev–Trinajstić information content (AvgIpc) is 2.74. The normalized spacial score (nSPS) is 11.2. The minimum atomic E-state index is -4.66. The molecule has 2 N–H and O–H groups in total. The number of ether oxygens (including phenoxy) is 1. The summed E-state index contributed by atoms with van der Waals surface area (Å²) in [5, 5.41) is 7.23. The molecule has 0 bridgehead atoms. The van der Waals surface area contributed by atoms with E-state index < -0.39 is 30.3 Å². The van der Waals surface area contributed by atoms with Gasteiger partial charge in [-0.1, -0.05) is 41.9 Å². The first-order valence-electron chi connectivity index (χ1n) is 9.15. The van der Waals surface area contributed by atoms with Crippen LogP contribution in [0.1, 0.15) is 11.3 Å². The average molecular weight is 469 g/mol. The molecule has 0 aliphatic carbocycles. The summed E-state index contributed by atoms with van der Waals surface area (Å²) in [5.41, 5.74) is 2.53. The van der Waals surface area contributed by atoms with Crippen molar-refractivity contribution in [3.63, 3.8) is 0 Å². The van der Waals surface area contributed by atoms with Crippen LogP contribution in [0.25, 0.3) is 10.8 Å². The Hall–Kier alpha value is -3.60.